The van der Waals surface area contributed by atoms with Crippen LogP contribution in [0, 0.1) is 0 Å². The van der Waals surface area contributed by atoms with Crippen molar-refractivity contribution in [3.8, 4) is 5.75 Å². The SMILES string of the molecule is CC[C@@H](CO)N[C@H](C)c1ccccc1OC. The third-order valence-electron chi connectivity index (χ3n) is 2.80. The lowest BCUT2D eigenvalue weighted by Crippen LogP contribution is -2.34. The summed E-state index contributed by atoms with van der Waals surface area (Å²) in [5.74, 6) is 0.885. The molecule has 1 aromatic rings. The molecule has 1 aromatic carbocycles. The minimum absolute atomic E-state index is 0.139. The van der Waals surface area contributed by atoms with Crippen LogP contribution in [0.5, 0.6) is 5.75 Å². The quantitative estimate of drug-likeness (QED) is 0.776. The second kappa shape index (κ2) is 6.51. The van der Waals surface area contributed by atoms with Crippen LogP contribution in [-0.4, -0.2) is 24.9 Å². The maximum atomic E-state index is 9.15. The maximum Gasteiger partial charge on any atom is 0.123 e. The Kier molecular flexibility index (Phi) is 5.29. The number of para-hydroxylation sites is 1. The van der Waals surface area contributed by atoms with Gasteiger partial charge in [0, 0.05) is 17.6 Å². The predicted molar refractivity (Wildman–Crippen MR) is 65.7 cm³/mol. The van der Waals surface area contributed by atoms with Crippen molar-refractivity contribution in [3.05, 3.63) is 29.8 Å². The molecule has 3 heteroatoms. The van der Waals surface area contributed by atoms with Crippen LogP contribution in [0.1, 0.15) is 31.9 Å². The Morgan fingerprint density at radius 3 is 2.62 bits per heavy atom. The number of aliphatic hydroxyl groups excluding tert-OH is 1. The summed E-state index contributed by atoms with van der Waals surface area (Å²) in [4.78, 5) is 0. The normalized spacial score (nSPS) is 14.5. The zero-order valence-electron chi connectivity index (χ0n) is 10.2. The third-order valence-corrected chi connectivity index (χ3v) is 2.80. The lowest BCUT2D eigenvalue weighted by atomic mass is 10.1. The maximum absolute atomic E-state index is 9.15. The molecule has 0 saturated carbocycles. The zero-order valence-corrected chi connectivity index (χ0v) is 10.2. The first-order chi connectivity index (χ1) is 7.72. The van der Waals surface area contributed by atoms with Gasteiger partial charge in [-0.05, 0) is 19.4 Å². The van der Waals surface area contributed by atoms with Gasteiger partial charge in [-0.2, -0.15) is 0 Å². The molecule has 1 rings (SSSR count). The molecule has 0 aliphatic heterocycles. The third kappa shape index (κ3) is 3.22. The van der Waals surface area contributed by atoms with E-state index >= 15 is 0 Å². The van der Waals surface area contributed by atoms with E-state index in [9.17, 15) is 0 Å². The van der Waals surface area contributed by atoms with E-state index < -0.39 is 0 Å². The van der Waals surface area contributed by atoms with Crippen LogP contribution < -0.4 is 10.1 Å². The molecule has 16 heavy (non-hydrogen) atoms. The van der Waals surface area contributed by atoms with Gasteiger partial charge >= 0.3 is 0 Å². The van der Waals surface area contributed by atoms with Crippen molar-refractivity contribution in [1.82, 2.24) is 5.32 Å². The molecule has 0 spiro atoms. The van der Waals surface area contributed by atoms with Crippen LogP contribution in [0.4, 0.5) is 0 Å². The molecule has 0 heterocycles. The van der Waals surface area contributed by atoms with Crippen LogP contribution in [0.15, 0.2) is 24.3 Å². The van der Waals surface area contributed by atoms with E-state index in [1.54, 1.807) is 7.11 Å². The molecule has 0 aromatic heterocycles. The summed E-state index contributed by atoms with van der Waals surface area (Å²) in [6.07, 6.45) is 0.913. The van der Waals surface area contributed by atoms with Gasteiger partial charge in [0.15, 0.2) is 0 Å². The van der Waals surface area contributed by atoms with Crippen molar-refractivity contribution in [1.29, 1.82) is 0 Å². The Bertz CT molecular complexity index is 311. The zero-order chi connectivity index (χ0) is 12.0. The highest BCUT2D eigenvalue weighted by atomic mass is 16.5. The number of hydrogen-bond acceptors (Lipinski definition) is 3. The van der Waals surface area contributed by atoms with Gasteiger partial charge in [0.1, 0.15) is 5.75 Å². The Morgan fingerprint density at radius 2 is 2.06 bits per heavy atom. The summed E-state index contributed by atoms with van der Waals surface area (Å²) in [6.45, 7) is 4.30. The monoisotopic (exact) mass is 223 g/mol. The molecular formula is C13H21NO2. The lowest BCUT2D eigenvalue weighted by Gasteiger charge is -2.22. The van der Waals surface area contributed by atoms with E-state index in [1.807, 2.05) is 24.3 Å². The number of methoxy groups -OCH3 is 1. The van der Waals surface area contributed by atoms with Crippen LogP contribution in [0.2, 0.25) is 0 Å². The summed E-state index contributed by atoms with van der Waals surface area (Å²) in [7, 11) is 1.68. The molecule has 90 valence electrons. The molecule has 0 saturated heterocycles. The molecule has 0 radical (unpaired) electrons. The molecule has 2 N–H and O–H groups in total. The molecule has 0 bridgehead atoms. The fourth-order valence-electron chi connectivity index (χ4n) is 1.77. The Balaban J connectivity index is 2.75. The smallest absolute Gasteiger partial charge is 0.123 e. The summed E-state index contributed by atoms with van der Waals surface area (Å²) >= 11 is 0. The van der Waals surface area contributed by atoms with Crippen molar-refractivity contribution in [2.24, 2.45) is 0 Å². The first kappa shape index (κ1) is 13.0. The minimum atomic E-state index is 0.139. The number of benzene rings is 1. The van der Waals surface area contributed by atoms with Gasteiger partial charge in [-0.1, -0.05) is 25.1 Å². The van der Waals surface area contributed by atoms with E-state index in [-0.39, 0.29) is 18.7 Å². The fraction of sp³-hybridized carbons (Fsp3) is 0.538. The van der Waals surface area contributed by atoms with Crippen molar-refractivity contribution < 1.29 is 9.84 Å². The first-order valence-electron chi connectivity index (χ1n) is 5.72. The second-order valence-electron chi connectivity index (χ2n) is 3.92. The average molecular weight is 223 g/mol. The van der Waals surface area contributed by atoms with Gasteiger partial charge in [-0.25, -0.2) is 0 Å². The van der Waals surface area contributed by atoms with Crippen molar-refractivity contribution >= 4 is 0 Å². The fourth-order valence-corrected chi connectivity index (χ4v) is 1.77. The Morgan fingerprint density at radius 1 is 1.38 bits per heavy atom. The standard InChI is InChI=1S/C13H21NO2/c1-4-11(9-15)14-10(2)12-7-5-6-8-13(12)16-3/h5-8,10-11,14-15H,4,9H2,1-3H3/t10-,11+/m1/s1. The van der Waals surface area contributed by atoms with Crippen LogP contribution in [-0.2, 0) is 0 Å². The highest BCUT2D eigenvalue weighted by molar-refractivity contribution is 5.35. The molecule has 0 unspecified atom stereocenters. The summed E-state index contributed by atoms with van der Waals surface area (Å²) in [6, 6.07) is 8.26. The van der Waals surface area contributed by atoms with Crippen LogP contribution in [0.25, 0.3) is 0 Å². The van der Waals surface area contributed by atoms with Crippen LogP contribution in [0.3, 0.4) is 0 Å². The Labute approximate surface area is 97.4 Å². The average Bonchev–Trinajstić information content (AvgIpc) is 2.35. The number of ether oxygens (including phenoxy) is 1. The second-order valence-corrected chi connectivity index (χ2v) is 3.92. The van der Waals surface area contributed by atoms with E-state index in [2.05, 4.69) is 19.2 Å². The van der Waals surface area contributed by atoms with E-state index in [0.717, 1.165) is 17.7 Å². The molecule has 0 aliphatic rings. The van der Waals surface area contributed by atoms with E-state index in [0.29, 0.717) is 0 Å². The number of rotatable bonds is 6. The largest absolute Gasteiger partial charge is 0.496 e. The van der Waals surface area contributed by atoms with Gasteiger partial charge < -0.3 is 15.2 Å². The summed E-state index contributed by atoms with van der Waals surface area (Å²) in [5, 5.41) is 12.5. The van der Waals surface area contributed by atoms with Crippen molar-refractivity contribution in [3.63, 3.8) is 0 Å². The lowest BCUT2D eigenvalue weighted by molar-refractivity contribution is 0.229. The minimum Gasteiger partial charge on any atom is -0.496 e. The van der Waals surface area contributed by atoms with Crippen LogP contribution >= 0.6 is 0 Å². The molecule has 2 atom stereocenters. The number of aliphatic hydroxyl groups is 1. The van der Waals surface area contributed by atoms with Gasteiger partial charge in [-0.3, -0.25) is 0 Å². The molecule has 0 fully saturated rings. The summed E-state index contributed by atoms with van der Waals surface area (Å²) < 4.78 is 5.31. The van der Waals surface area contributed by atoms with Crippen molar-refractivity contribution in [2.45, 2.75) is 32.4 Å². The number of nitrogens with one attached hydrogen (secondary N) is 1. The summed E-state index contributed by atoms with van der Waals surface area (Å²) in [5.41, 5.74) is 1.12. The highest BCUT2D eigenvalue weighted by Gasteiger charge is 2.13. The molecular weight excluding hydrogens is 202 g/mol. The topological polar surface area (TPSA) is 41.5 Å². The van der Waals surface area contributed by atoms with Gasteiger partial charge in [0.05, 0.1) is 13.7 Å². The molecule has 0 aliphatic carbocycles. The van der Waals surface area contributed by atoms with Gasteiger partial charge in [0.25, 0.3) is 0 Å². The molecule has 3 nitrogen and oxygen atoms in total. The molecule has 0 amide bonds. The van der Waals surface area contributed by atoms with E-state index in [1.165, 1.54) is 0 Å². The predicted octanol–water partition coefficient (Wildman–Crippen LogP) is 2.12. The van der Waals surface area contributed by atoms with Gasteiger partial charge in [0.2, 0.25) is 0 Å². The van der Waals surface area contributed by atoms with Crippen molar-refractivity contribution in [2.75, 3.05) is 13.7 Å². The first-order valence-corrected chi connectivity index (χ1v) is 5.72. The Hall–Kier alpha value is -1.06. The highest BCUT2D eigenvalue weighted by Crippen LogP contribution is 2.24. The van der Waals surface area contributed by atoms with E-state index in [4.69, 9.17) is 9.84 Å². The van der Waals surface area contributed by atoms with Gasteiger partial charge in [-0.15, -0.1) is 0 Å². The number of hydrogen-bond donors (Lipinski definition) is 2.